The van der Waals surface area contributed by atoms with E-state index in [-0.39, 0.29) is 6.10 Å². The summed E-state index contributed by atoms with van der Waals surface area (Å²) >= 11 is 1.41. The second kappa shape index (κ2) is 7.90. The van der Waals surface area contributed by atoms with Gasteiger partial charge in [-0.1, -0.05) is 35.6 Å². The van der Waals surface area contributed by atoms with Gasteiger partial charge in [0.05, 0.1) is 18.6 Å². The maximum atomic E-state index is 13.0. The third kappa shape index (κ3) is 3.89. The monoisotopic (exact) mass is 416 g/mol. The van der Waals surface area contributed by atoms with Crippen molar-refractivity contribution in [1.29, 1.82) is 0 Å². The fourth-order valence-corrected chi connectivity index (χ4v) is 5.21. The molecule has 0 bridgehead atoms. The van der Waals surface area contributed by atoms with Crippen LogP contribution in [-0.2, 0) is 10.0 Å². The van der Waals surface area contributed by atoms with Crippen LogP contribution in [0.5, 0.6) is 10.9 Å². The van der Waals surface area contributed by atoms with Gasteiger partial charge >= 0.3 is 0 Å². The zero-order chi connectivity index (χ0) is 19.6. The Labute approximate surface area is 168 Å². The van der Waals surface area contributed by atoms with E-state index in [1.807, 2.05) is 41.8 Å². The van der Waals surface area contributed by atoms with Crippen molar-refractivity contribution in [1.82, 2.24) is 9.29 Å². The number of benzene rings is 2. The third-order valence-corrected chi connectivity index (χ3v) is 7.24. The molecule has 3 aromatic rings. The summed E-state index contributed by atoms with van der Waals surface area (Å²) in [6.07, 6.45) is 2.16. The van der Waals surface area contributed by atoms with Gasteiger partial charge in [-0.05, 0) is 41.8 Å². The van der Waals surface area contributed by atoms with Gasteiger partial charge in [0.25, 0.3) is 5.19 Å². The summed E-state index contributed by atoms with van der Waals surface area (Å²) in [6.45, 7) is 0.779. The summed E-state index contributed by atoms with van der Waals surface area (Å²) in [4.78, 5) is 4.39. The highest BCUT2D eigenvalue weighted by Gasteiger charge is 2.34. The summed E-state index contributed by atoms with van der Waals surface area (Å²) in [6, 6.07) is 14.6. The van der Waals surface area contributed by atoms with Gasteiger partial charge in [-0.3, -0.25) is 0 Å². The van der Waals surface area contributed by atoms with Crippen molar-refractivity contribution >= 4 is 21.4 Å². The molecule has 0 aliphatic carbocycles. The minimum absolute atomic E-state index is 0.167. The molecule has 2 heterocycles. The minimum Gasteiger partial charge on any atom is -0.497 e. The number of rotatable bonds is 6. The van der Waals surface area contributed by atoms with Gasteiger partial charge in [-0.25, -0.2) is 13.4 Å². The van der Waals surface area contributed by atoms with E-state index in [9.17, 15) is 8.42 Å². The van der Waals surface area contributed by atoms with Crippen molar-refractivity contribution < 1.29 is 17.9 Å². The highest BCUT2D eigenvalue weighted by molar-refractivity contribution is 7.89. The van der Waals surface area contributed by atoms with Crippen LogP contribution in [0.1, 0.15) is 6.42 Å². The molecule has 0 radical (unpaired) electrons. The molecule has 0 saturated carbocycles. The van der Waals surface area contributed by atoms with E-state index in [1.165, 1.54) is 15.6 Å². The van der Waals surface area contributed by atoms with Crippen molar-refractivity contribution in [2.45, 2.75) is 17.4 Å². The fourth-order valence-electron chi connectivity index (χ4n) is 3.18. The Balaban J connectivity index is 1.47. The largest absolute Gasteiger partial charge is 0.497 e. The van der Waals surface area contributed by atoms with E-state index in [0.29, 0.717) is 29.6 Å². The number of methoxy groups -OCH3 is 1. The first-order valence-electron chi connectivity index (χ1n) is 8.87. The Morgan fingerprint density at radius 2 is 1.75 bits per heavy atom. The first-order valence-corrected chi connectivity index (χ1v) is 11.2. The Kier molecular flexibility index (Phi) is 5.34. The van der Waals surface area contributed by atoms with Crippen molar-refractivity contribution in [2.24, 2.45) is 0 Å². The molecule has 146 valence electrons. The molecule has 1 aliphatic heterocycles. The van der Waals surface area contributed by atoms with Gasteiger partial charge in [0.15, 0.2) is 0 Å². The molecule has 4 rings (SSSR count). The average molecular weight is 417 g/mol. The van der Waals surface area contributed by atoms with Crippen LogP contribution in [0.15, 0.2) is 65.0 Å². The maximum absolute atomic E-state index is 13.0. The molecule has 1 fully saturated rings. The van der Waals surface area contributed by atoms with E-state index in [1.54, 1.807) is 25.4 Å². The molecule has 0 amide bonds. The van der Waals surface area contributed by atoms with Crippen LogP contribution in [0.3, 0.4) is 0 Å². The first-order chi connectivity index (χ1) is 13.6. The quantitative estimate of drug-likeness (QED) is 0.613. The lowest BCUT2D eigenvalue weighted by Crippen LogP contribution is -2.31. The van der Waals surface area contributed by atoms with Crippen molar-refractivity contribution in [2.75, 3.05) is 20.2 Å². The molecular formula is C20H20N2O4S2. The molecule has 1 atom stereocenters. The highest BCUT2D eigenvalue weighted by atomic mass is 32.2. The topological polar surface area (TPSA) is 68.7 Å². The van der Waals surface area contributed by atoms with Crippen molar-refractivity contribution in [3.05, 3.63) is 60.1 Å². The minimum atomic E-state index is -3.54. The number of hydrogen-bond acceptors (Lipinski definition) is 6. The molecule has 28 heavy (non-hydrogen) atoms. The van der Waals surface area contributed by atoms with Gasteiger partial charge in [0, 0.05) is 18.1 Å². The van der Waals surface area contributed by atoms with Gasteiger partial charge in [-0.2, -0.15) is 4.31 Å². The van der Waals surface area contributed by atoms with Crippen molar-refractivity contribution in [3.63, 3.8) is 0 Å². The molecule has 8 heteroatoms. The molecule has 2 aromatic carbocycles. The van der Waals surface area contributed by atoms with Crippen LogP contribution >= 0.6 is 11.3 Å². The Morgan fingerprint density at radius 3 is 2.36 bits per heavy atom. The highest BCUT2D eigenvalue weighted by Crippen LogP contribution is 2.27. The fraction of sp³-hybridized carbons (Fsp3) is 0.250. The van der Waals surface area contributed by atoms with Crippen LogP contribution < -0.4 is 9.47 Å². The second-order valence-corrected chi connectivity index (χ2v) is 9.24. The van der Waals surface area contributed by atoms with Crippen LogP contribution in [0.4, 0.5) is 0 Å². The standard InChI is InChI=1S/C20H20N2O4S2/c1-25-17-6-2-15(3-7-17)16-4-8-19(9-5-16)28(23,24)22-12-10-18(14-22)26-20-21-11-13-27-20/h2-9,11,13,18H,10,12,14H2,1H3. The Hall–Kier alpha value is -2.42. The number of sulfonamides is 1. The van der Waals surface area contributed by atoms with Crippen LogP contribution in [-0.4, -0.2) is 44.0 Å². The van der Waals surface area contributed by atoms with Gasteiger partial charge in [-0.15, -0.1) is 0 Å². The number of ether oxygens (including phenoxy) is 2. The summed E-state index contributed by atoms with van der Waals surface area (Å²) in [5, 5.41) is 2.41. The molecule has 1 unspecified atom stereocenters. The summed E-state index contributed by atoms with van der Waals surface area (Å²) in [7, 11) is -1.92. The number of hydrogen-bond donors (Lipinski definition) is 0. The molecule has 1 aromatic heterocycles. The maximum Gasteiger partial charge on any atom is 0.273 e. The van der Waals surface area contributed by atoms with Gasteiger partial charge in [0.1, 0.15) is 11.9 Å². The Morgan fingerprint density at radius 1 is 1.07 bits per heavy atom. The summed E-state index contributed by atoms with van der Waals surface area (Å²) in [5.41, 5.74) is 1.95. The van der Waals surface area contributed by atoms with E-state index < -0.39 is 10.0 Å². The third-order valence-electron chi connectivity index (χ3n) is 4.70. The molecule has 0 N–H and O–H groups in total. The lowest BCUT2D eigenvalue weighted by Gasteiger charge is -2.17. The van der Waals surface area contributed by atoms with Crippen LogP contribution in [0.25, 0.3) is 11.1 Å². The Bertz CT molecular complexity index is 1020. The normalized spacial score (nSPS) is 17.5. The summed E-state index contributed by atoms with van der Waals surface area (Å²) < 4.78 is 38.3. The van der Waals surface area contributed by atoms with Gasteiger partial charge < -0.3 is 9.47 Å². The predicted octanol–water partition coefficient (Wildman–Crippen LogP) is 3.66. The van der Waals surface area contributed by atoms with Gasteiger partial charge in [0.2, 0.25) is 10.0 Å². The van der Waals surface area contributed by atoms with Crippen LogP contribution in [0, 0.1) is 0 Å². The molecule has 1 aliphatic rings. The van der Waals surface area contributed by atoms with Crippen LogP contribution in [0.2, 0.25) is 0 Å². The van der Waals surface area contributed by atoms with E-state index in [2.05, 4.69) is 4.98 Å². The van der Waals surface area contributed by atoms with E-state index >= 15 is 0 Å². The lowest BCUT2D eigenvalue weighted by atomic mass is 10.1. The number of nitrogens with zero attached hydrogens (tertiary/aromatic N) is 2. The van der Waals surface area contributed by atoms with E-state index in [0.717, 1.165) is 16.9 Å². The smallest absolute Gasteiger partial charge is 0.273 e. The molecular weight excluding hydrogens is 396 g/mol. The summed E-state index contributed by atoms with van der Waals surface area (Å²) in [5.74, 6) is 0.784. The first kappa shape index (κ1) is 18.9. The van der Waals surface area contributed by atoms with E-state index in [4.69, 9.17) is 9.47 Å². The lowest BCUT2D eigenvalue weighted by molar-refractivity contribution is 0.214. The second-order valence-electron chi connectivity index (χ2n) is 6.44. The SMILES string of the molecule is COc1ccc(-c2ccc(S(=O)(=O)N3CCC(Oc4nccs4)C3)cc2)cc1. The molecule has 0 spiro atoms. The number of thiazole rings is 1. The number of aromatic nitrogens is 1. The molecule has 6 nitrogen and oxygen atoms in total. The van der Waals surface area contributed by atoms with Crippen molar-refractivity contribution in [3.8, 4) is 22.1 Å². The average Bonchev–Trinajstić information content (AvgIpc) is 3.41. The zero-order valence-corrected chi connectivity index (χ0v) is 16.9. The molecule has 1 saturated heterocycles. The predicted molar refractivity (Wildman–Crippen MR) is 108 cm³/mol. The zero-order valence-electron chi connectivity index (χ0n) is 15.3.